The summed E-state index contributed by atoms with van der Waals surface area (Å²) < 4.78 is 0.400. The molecule has 0 N–H and O–H groups in total. The lowest BCUT2D eigenvalue weighted by molar-refractivity contribution is -0.138. The maximum atomic E-state index is 11.4. The summed E-state index contributed by atoms with van der Waals surface area (Å²) in [7, 11) is 0. The minimum absolute atomic E-state index is 0.0160. The van der Waals surface area contributed by atoms with E-state index in [1.165, 1.54) is 24.2 Å². The number of likely N-dealkylation sites (tertiary alicyclic amines) is 1. The second-order valence-corrected chi connectivity index (χ2v) is 7.62. The predicted octanol–water partition coefficient (Wildman–Crippen LogP) is 3.30. The summed E-state index contributed by atoms with van der Waals surface area (Å²) in [6.07, 6.45) is 6.48. The van der Waals surface area contributed by atoms with Gasteiger partial charge in [0.05, 0.1) is 0 Å². The van der Waals surface area contributed by atoms with Crippen LogP contribution in [-0.2, 0) is 9.59 Å². The summed E-state index contributed by atoms with van der Waals surface area (Å²) in [5.74, 6) is 0.0320. The topological polar surface area (TPSA) is 37.4 Å². The number of unbranched alkanes of at least 4 members (excludes halogenated alkanes) is 2. The molecule has 0 bridgehead atoms. The van der Waals surface area contributed by atoms with Crippen molar-refractivity contribution < 1.29 is 9.59 Å². The Labute approximate surface area is 117 Å². The summed E-state index contributed by atoms with van der Waals surface area (Å²) in [4.78, 5) is 24.1. The third-order valence-electron chi connectivity index (χ3n) is 3.47. The van der Waals surface area contributed by atoms with Crippen molar-refractivity contribution in [3.8, 4) is 0 Å². The van der Waals surface area contributed by atoms with E-state index in [0.717, 1.165) is 12.8 Å². The first kappa shape index (κ1) is 14.9. The molecule has 1 fully saturated rings. The van der Waals surface area contributed by atoms with Crippen LogP contribution in [0.25, 0.3) is 0 Å². The van der Waals surface area contributed by atoms with Crippen LogP contribution in [0.5, 0.6) is 0 Å². The predicted molar refractivity (Wildman–Crippen MR) is 77.1 cm³/mol. The molecular weight excluding hydrogens is 329 g/mol. The van der Waals surface area contributed by atoms with Gasteiger partial charge >= 0.3 is 0 Å². The van der Waals surface area contributed by atoms with Crippen molar-refractivity contribution in [2.24, 2.45) is 0 Å². The van der Waals surface area contributed by atoms with Crippen LogP contribution in [0.15, 0.2) is 0 Å². The Morgan fingerprint density at radius 3 is 2.29 bits per heavy atom. The number of nitrogens with zero attached hydrogens (tertiary/aromatic N) is 1. The Morgan fingerprint density at radius 2 is 1.76 bits per heavy atom. The van der Waals surface area contributed by atoms with E-state index < -0.39 is 0 Å². The first-order valence-corrected chi connectivity index (χ1v) is 7.56. The number of halogens is 1. The van der Waals surface area contributed by atoms with Gasteiger partial charge in [0, 0.05) is 22.8 Å². The molecule has 0 aromatic carbocycles. The molecule has 0 aromatic heterocycles. The van der Waals surface area contributed by atoms with E-state index in [0.29, 0.717) is 22.8 Å². The van der Waals surface area contributed by atoms with Crippen molar-refractivity contribution >= 4 is 34.4 Å². The molecule has 0 aliphatic carbocycles. The van der Waals surface area contributed by atoms with E-state index >= 15 is 0 Å². The van der Waals surface area contributed by atoms with Crippen LogP contribution in [-0.4, -0.2) is 26.7 Å². The van der Waals surface area contributed by atoms with E-state index in [1.54, 1.807) is 0 Å². The second kappa shape index (κ2) is 6.71. The fourth-order valence-electron chi connectivity index (χ4n) is 1.99. The van der Waals surface area contributed by atoms with Gasteiger partial charge in [-0.2, -0.15) is 0 Å². The standard InChI is InChI=1S/C13H22INO2/c1-3-13(2,14)9-5-4-6-10-15-11(16)7-8-12(15)17/h3-10H2,1-2H3. The monoisotopic (exact) mass is 351 g/mol. The molecule has 0 aromatic rings. The molecule has 4 heteroatoms. The second-order valence-electron chi connectivity index (χ2n) is 5.02. The molecule has 1 atom stereocenters. The highest BCUT2D eigenvalue weighted by atomic mass is 127. The Kier molecular flexibility index (Phi) is 5.89. The maximum Gasteiger partial charge on any atom is 0.229 e. The number of imide groups is 1. The van der Waals surface area contributed by atoms with Gasteiger partial charge in [0.2, 0.25) is 11.8 Å². The van der Waals surface area contributed by atoms with Crippen molar-refractivity contribution in [1.29, 1.82) is 0 Å². The summed E-state index contributed by atoms with van der Waals surface area (Å²) in [5.41, 5.74) is 0. The Hall–Kier alpha value is -0.130. The van der Waals surface area contributed by atoms with E-state index in [4.69, 9.17) is 0 Å². The quantitative estimate of drug-likeness (QED) is 0.305. The van der Waals surface area contributed by atoms with E-state index in [9.17, 15) is 9.59 Å². The van der Waals surface area contributed by atoms with Crippen molar-refractivity contribution in [2.75, 3.05) is 6.54 Å². The lowest BCUT2D eigenvalue weighted by atomic mass is 10.0. The SMILES string of the molecule is CCC(C)(I)CCCCCN1C(=O)CCC1=O. The molecule has 17 heavy (non-hydrogen) atoms. The molecule has 1 aliphatic heterocycles. The van der Waals surface area contributed by atoms with Crippen molar-refractivity contribution in [3.05, 3.63) is 0 Å². The van der Waals surface area contributed by atoms with Gasteiger partial charge in [-0.15, -0.1) is 0 Å². The molecule has 0 saturated carbocycles. The van der Waals surface area contributed by atoms with Crippen molar-refractivity contribution in [2.45, 2.75) is 62.2 Å². The molecule has 98 valence electrons. The number of hydrogen-bond acceptors (Lipinski definition) is 2. The fourth-order valence-corrected chi connectivity index (χ4v) is 2.37. The first-order chi connectivity index (χ1) is 7.96. The van der Waals surface area contributed by atoms with Gasteiger partial charge in [-0.1, -0.05) is 49.3 Å². The Morgan fingerprint density at radius 1 is 1.18 bits per heavy atom. The van der Waals surface area contributed by atoms with E-state index in [2.05, 4.69) is 36.4 Å². The number of alkyl halides is 1. The van der Waals surface area contributed by atoms with Gasteiger partial charge in [0.1, 0.15) is 0 Å². The molecule has 0 spiro atoms. The van der Waals surface area contributed by atoms with Gasteiger partial charge in [0.25, 0.3) is 0 Å². The molecule has 0 radical (unpaired) electrons. The van der Waals surface area contributed by atoms with Gasteiger partial charge in [-0.05, 0) is 19.3 Å². The van der Waals surface area contributed by atoms with Crippen molar-refractivity contribution in [1.82, 2.24) is 4.90 Å². The van der Waals surface area contributed by atoms with E-state index in [-0.39, 0.29) is 11.8 Å². The summed E-state index contributed by atoms with van der Waals surface area (Å²) in [5, 5.41) is 0. The summed E-state index contributed by atoms with van der Waals surface area (Å²) >= 11 is 2.52. The van der Waals surface area contributed by atoms with Crippen LogP contribution >= 0.6 is 22.6 Å². The highest BCUT2D eigenvalue weighted by Gasteiger charge is 2.27. The Balaban J connectivity index is 2.12. The molecule has 1 unspecified atom stereocenters. The molecule has 1 rings (SSSR count). The number of amides is 2. The largest absolute Gasteiger partial charge is 0.283 e. The van der Waals surface area contributed by atoms with Crippen LogP contribution in [0.1, 0.15) is 58.8 Å². The van der Waals surface area contributed by atoms with Crippen LogP contribution in [0.4, 0.5) is 0 Å². The average Bonchev–Trinajstić information content (AvgIpc) is 2.59. The number of rotatable bonds is 7. The zero-order chi connectivity index (χ0) is 12.9. The minimum Gasteiger partial charge on any atom is -0.283 e. The Bertz CT molecular complexity index is 273. The van der Waals surface area contributed by atoms with Crippen LogP contribution in [0, 0.1) is 0 Å². The minimum atomic E-state index is 0.0160. The van der Waals surface area contributed by atoms with Gasteiger partial charge < -0.3 is 0 Å². The molecule has 2 amide bonds. The highest BCUT2D eigenvalue weighted by molar-refractivity contribution is 14.1. The molecule has 1 aliphatic rings. The third kappa shape index (κ3) is 4.94. The average molecular weight is 351 g/mol. The van der Waals surface area contributed by atoms with Crippen LogP contribution in [0.3, 0.4) is 0 Å². The normalized spacial score (nSPS) is 19.8. The molecular formula is C13H22INO2. The van der Waals surface area contributed by atoms with Crippen LogP contribution < -0.4 is 0 Å². The zero-order valence-corrected chi connectivity index (χ0v) is 13.0. The lowest BCUT2D eigenvalue weighted by Gasteiger charge is -2.20. The zero-order valence-electron chi connectivity index (χ0n) is 10.8. The van der Waals surface area contributed by atoms with Gasteiger partial charge in [-0.25, -0.2) is 0 Å². The fraction of sp³-hybridized carbons (Fsp3) is 0.846. The van der Waals surface area contributed by atoms with E-state index in [1.807, 2.05) is 0 Å². The maximum absolute atomic E-state index is 11.4. The number of carbonyl (C=O) groups is 2. The molecule has 1 heterocycles. The number of hydrogen-bond donors (Lipinski definition) is 0. The van der Waals surface area contributed by atoms with Crippen LogP contribution in [0.2, 0.25) is 0 Å². The molecule has 1 saturated heterocycles. The van der Waals surface area contributed by atoms with Crippen molar-refractivity contribution in [3.63, 3.8) is 0 Å². The molecule has 3 nitrogen and oxygen atoms in total. The first-order valence-electron chi connectivity index (χ1n) is 6.48. The third-order valence-corrected chi connectivity index (χ3v) is 4.77. The summed E-state index contributed by atoms with van der Waals surface area (Å²) in [6, 6.07) is 0. The van der Waals surface area contributed by atoms with Gasteiger partial charge in [0.15, 0.2) is 0 Å². The lowest BCUT2D eigenvalue weighted by Crippen LogP contribution is -2.30. The number of carbonyl (C=O) groups excluding carboxylic acids is 2. The highest BCUT2D eigenvalue weighted by Crippen LogP contribution is 2.28. The van der Waals surface area contributed by atoms with Gasteiger partial charge in [-0.3, -0.25) is 14.5 Å². The smallest absolute Gasteiger partial charge is 0.229 e. The summed E-state index contributed by atoms with van der Waals surface area (Å²) in [6.45, 7) is 5.12.